The van der Waals surface area contributed by atoms with Crippen molar-refractivity contribution in [1.29, 1.82) is 0 Å². The Morgan fingerprint density at radius 2 is 0.531 bits per heavy atom. The lowest BCUT2D eigenvalue weighted by Crippen LogP contribution is -2.31. The smallest absolute Gasteiger partial charge is 0.311 e. The molecule has 0 atom stereocenters. The third kappa shape index (κ3) is 76.5. The maximum atomic E-state index is 11.6. The number of hydrogen-bond donors (Lipinski definition) is 0. The van der Waals surface area contributed by atoms with Crippen LogP contribution in [0, 0.1) is 17.3 Å². The summed E-state index contributed by atoms with van der Waals surface area (Å²) in [6, 6.07) is 0. The van der Waals surface area contributed by atoms with Crippen LogP contribution in [-0.4, -0.2) is 219 Å². The van der Waals surface area contributed by atoms with Gasteiger partial charge in [0.05, 0.1) is 51.0 Å². The van der Waals surface area contributed by atoms with Gasteiger partial charge in [0.15, 0.2) is 0 Å². The summed E-state index contributed by atoms with van der Waals surface area (Å²) in [5, 5.41) is 0. The van der Waals surface area contributed by atoms with Gasteiger partial charge in [-0.15, -0.1) is 0 Å². The van der Waals surface area contributed by atoms with Crippen LogP contribution in [0.5, 0.6) is 0 Å². The van der Waals surface area contributed by atoms with Crippen molar-refractivity contribution in [1.82, 2.24) is 29.4 Å². The summed E-state index contributed by atoms with van der Waals surface area (Å²) < 4.78 is 30.3. The number of rotatable bonds is 60. The van der Waals surface area contributed by atoms with E-state index in [9.17, 15) is 57.5 Å². The van der Waals surface area contributed by atoms with E-state index >= 15 is 0 Å². The van der Waals surface area contributed by atoms with Gasteiger partial charge in [-0.25, -0.2) is 0 Å². The van der Waals surface area contributed by atoms with Crippen molar-refractivity contribution < 1.29 is 86.0 Å². The molecule has 0 aromatic carbocycles. The Kier molecular flexibility index (Phi) is 84.2. The topological polar surface area (TPSA) is 280 Å². The number of nitrogens with zero attached hydrogens (tertiary/aromatic N) is 6. The van der Waals surface area contributed by atoms with E-state index in [-0.39, 0.29) is 77.2 Å². The summed E-state index contributed by atoms with van der Waals surface area (Å²) >= 11 is 0. The first-order chi connectivity index (χ1) is 53.8. The van der Waals surface area contributed by atoms with E-state index in [1.807, 2.05) is 70.1 Å². The lowest BCUT2D eigenvalue weighted by Gasteiger charge is -2.21. The second kappa shape index (κ2) is 82.1. The van der Waals surface area contributed by atoms with Gasteiger partial charge in [0, 0.05) is 105 Å². The molecule has 0 unspecified atom stereocenters. The van der Waals surface area contributed by atoms with Crippen LogP contribution >= 0.6 is 0 Å². The van der Waals surface area contributed by atoms with Gasteiger partial charge < -0.3 is 57.8 Å². The maximum absolute atomic E-state index is 11.6. The molecule has 0 rings (SSSR count). The predicted octanol–water partition coefficient (Wildman–Crippen LogP) is 16.7. The Balaban J connectivity index is -0.000000304. The van der Waals surface area contributed by atoms with Crippen LogP contribution in [0.1, 0.15) is 291 Å². The minimum Gasteiger partial charge on any atom is -0.466 e. The van der Waals surface area contributed by atoms with E-state index in [2.05, 4.69) is 81.0 Å². The standard InChI is InChI=1S/2C16H29NO3.2C15H27NO3.C14H25NO3.C13H23NO3/c1-6-8-11-17(14(18)7-2)12-9-10-13-20-15(19)16(3,4)5;1-5-7-10-17(15(18)6-2)11-8-9-12-20-16(19)13-14(3)4;1-5-7-10-16(14(17)6-2)11-8-9-12-19-15(18)13(3)4;1-4-7-11-16(14(17)6-3)12-8-9-13-19-15(18)10-5-2;1-4-7-10-15(13(16)5-2)11-8-9-12-18-14(17)6-3;1-4-6-9-14(13(16)5-2)10-7-8-11-17-12(3)15/h7H,2,6,8-13H2,1,3-5H3;6,14H,2,5,7-13H2,1,3-4H3;6,13H,2,5,7-12H2,1,3-4H3;6H,3-5,7-13H2,1-2H3;5H,2,4,6-12H2,1,3H3;5H,2,4,6-11H2,1,3H3. The average Bonchev–Trinajstić information content (AvgIpc) is 0.905. The van der Waals surface area contributed by atoms with E-state index in [4.69, 9.17) is 28.4 Å². The van der Waals surface area contributed by atoms with E-state index < -0.39 is 5.41 Å². The number of ether oxygens (including phenoxy) is 6. The maximum Gasteiger partial charge on any atom is 0.311 e. The first-order valence-corrected chi connectivity index (χ1v) is 42.2. The second-order valence-electron chi connectivity index (χ2n) is 29.0. The fourth-order valence-corrected chi connectivity index (χ4v) is 9.56. The van der Waals surface area contributed by atoms with E-state index in [0.717, 1.165) is 200 Å². The van der Waals surface area contributed by atoms with Gasteiger partial charge >= 0.3 is 35.8 Å². The number of hydrogen-bond acceptors (Lipinski definition) is 18. The van der Waals surface area contributed by atoms with Crippen LogP contribution in [-0.2, 0) is 86.0 Å². The van der Waals surface area contributed by atoms with Gasteiger partial charge in [-0.1, -0.05) is 161 Å². The minimum absolute atomic E-state index is 0.0172. The molecule has 0 aromatic rings. The summed E-state index contributed by atoms with van der Waals surface area (Å²) in [5.41, 5.74) is -0.452. The van der Waals surface area contributed by atoms with Gasteiger partial charge in [0.1, 0.15) is 0 Å². The second-order valence-corrected chi connectivity index (χ2v) is 29.0. The lowest BCUT2D eigenvalue weighted by molar-refractivity contribution is -0.153. The molecule has 0 aliphatic carbocycles. The molecule has 0 aromatic heterocycles. The van der Waals surface area contributed by atoms with Crippen molar-refractivity contribution in [2.75, 3.05) is 118 Å². The normalized spacial score (nSPS) is 10.2. The largest absolute Gasteiger partial charge is 0.466 e. The molecule has 0 N–H and O–H groups in total. The first-order valence-electron chi connectivity index (χ1n) is 42.2. The molecule has 0 bridgehead atoms. The summed E-state index contributed by atoms with van der Waals surface area (Å²) in [4.78, 5) is 147. The lowest BCUT2D eigenvalue weighted by atomic mass is 9.97. The molecule has 113 heavy (non-hydrogen) atoms. The van der Waals surface area contributed by atoms with Crippen LogP contribution in [0.4, 0.5) is 0 Å². The number of esters is 6. The molecule has 24 nitrogen and oxygen atoms in total. The summed E-state index contributed by atoms with van der Waals surface area (Å²) in [5.74, 6) is -0.898. The Bertz CT molecular complexity index is 2580. The highest BCUT2D eigenvalue weighted by molar-refractivity contribution is 5.89. The van der Waals surface area contributed by atoms with Crippen LogP contribution in [0.3, 0.4) is 0 Å². The summed E-state index contributed by atoms with van der Waals surface area (Å²) in [6.07, 6.45) is 32.5. The molecule has 0 aliphatic rings. The molecule has 654 valence electrons. The zero-order chi connectivity index (χ0) is 87.1. The molecule has 0 radical (unpaired) electrons. The highest BCUT2D eigenvalue weighted by Crippen LogP contribution is 2.16. The number of carbonyl (C=O) groups is 12. The van der Waals surface area contributed by atoms with Crippen LogP contribution in [0.15, 0.2) is 75.9 Å². The van der Waals surface area contributed by atoms with Crippen molar-refractivity contribution in [3.63, 3.8) is 0 Å². The fraction of sp³-hybridized carbons (Fsp3) is 0.730. The Labute approximate surface area is 685 Å². The minimum atomic E-state index is -0.452. The molecule has 0 heterocycles. The molecular formula is C89H160N6O18. The van der Waals surface area contributed by atoms with Crippen molar-refractivity contribution in [2.24, 2.45) is 17.3 Å². The quantitative estimate of drug-likeness (QED) is 0.0237. The molecule has 0 saturated heterocycles. The molecular weight excluding hydrogens is 1440 g/mol. The number of amides is 6. The average molecular weight is 1600 g/mol. The fourth-order valence-electron chi connectivity index (χ4n) is 9.56. The zero-order valence-corrected chi connectivity index (χ0v) is 73.9. The summed E-state index contributed by atoms with van der Waals surface area (Å²) in [7, 11) is 0. The van der Waals surface area contributed by atoms with Gasteiger partial charge in [0.2, 0.25) is 35.4 Å². The Morgan fingerprint density at radius 3 is 0.743 bits per heavy atom. The van der Waals surface area contributed by atoms with Crippen molar-refractivity contribution in [2.45, 2.75) is 291 Å². The van der Waals surface area contributed by atoms with Gasteiger partial charge in [-0.3, -0.25) is 57.5 Å². The highest BCUT2D eigenvalue weighted by atomic mass is 16.6. The zero-order valence-electron chi connectivity index (χ0n) is 73.9. The highest BCUT2D eigenvalue weighted by Gasteiger charge is 2.23. The molecule has 0 fully saturated rings. The third-order valence-electron chi connectivity index (χ3n) is 16.5. The predicted molar refractivity (Wildman–Crippen MR) is 456 cm³/mol. The van der Waals surface area contributed by atoms with Crippen LogP contribution in [0.2, 0.25) is 0 Å². The van der Waals surface area contributed by atoms with Gasteiger partial charge in [-0.05, 0) is 185 Å². The third-order valence-corrected chi connectivity index (χ3v) is 16.5. The number of carbonyl (C=O) groups excluding carboxylic acids is 12. The van der Waals surface area contributed by atoms with E-state index in [1.165, 1.54) is 43.4 Å². The molecule has 0 aliphatic heterocycles. The van der Waals surface area contributed by atoms with E-state index in [1.54, 1.807) is 21.6 Å². The van der Waals surface area contributed by atoms with Crippen LogP contribution in [0.25, 0.3) is 0 Å². The first kappa shape index (κ1) is 116. The Morgan fingerprint density at radius 1 is 0.301 bits per heavy atom. The molecule has 6 amide bonds. The molecule has 24 heteroatoms. The van der Waals surface area contributed by atoms with Crippen molar-refractivity contribution in [3.8, 4) is 0 Å². The van der Waals surface area contributed by atoms with Crippen LogP contribution < -0.4 is 0 Å². The van der Waals surface area contributed by atoms with Gasteiger partial charge in [-0.2, -0.15) is 0 Å². The Hall–Kier alpha value is -7.92. The van der Waals surface area contributed by atoms with Crippen molar-refractivity contribution in [3.05, 3.63) is 75.9 Å². The van der Waals surface area contributed by atoms with Crippen molar-refractivity contribution >= 4 is 71.3 Å². The summed E-state index contributed by atoms with van der Waals surface area (Å²) in [6.45, 7) is 63.4. The van der Waals surface area contributed by atoms with E-state index in [0.29, 0.717) is 104 Å². The number of unbranched alkanes of at least 4 members (excludes halogenated alkanes) is 12. The molecule has 0 spiro atoms. The monoisotopic (exact) mass is 1600 g/mol. The SMILES string of the molecule is C=CC(=O)N(CCCC)CCCCOC(=O)C(C)(C)C.C=CC(=O)N(CCCC)CCCCOC(=O)C(C)C.C=CC(=O)N(CCCC)CCCCOC(=O)CC.C=CC(=O)N(CCCC)CCCCOC(=O)CC(C)C.C=CC(=O)N(CCCC)CCCCOC(=O)CCC.C=CC(=O)N(CCCC)CCCCOC(C)=O. The molecule has 0 saturated carbocycles. The van der Waals surface area contributed by atoms with Gasteiger partial charge in [0.25, 0.3) is 0 Å².